The fourth-order valence-corrected chi connectivity index (χ4v) is 4.52. The first kappa shape index (κ1) is 28.4. The number of amides is 2. The average molecular weight is 588 g/mol. The molecule has 0 heterocycles. The van der Waals surface area contributed by atoms with Crippen LogP contribution < -0.4 is 10.6 Å². The lowest BCUT2D eigenvalue weighted by atomic mass is 9.98. The fourth-order valence-electron chi connectivity index (χ4n) is 3.07. The molecule has 0 aliphatic rings. The third-order valence-corrected chi connectivity index (χ3v) is 6.76. The highest BCUT2D eigenvalue weighted by Crippen LogP contribution is 2.41. The molecule has 1 unspecified atom stereocenters. The van der Waals surface area contributed by atoms with Gasteiger partial charge in [0.2, 0.25) is 0 Å². The van der Waals surface area contributed by atoms with E-state index < -0.39 is 35.9 Å². The molecular formula is C22H21BrClF5N2O2S. The van der Waals surface area contributed by atoms with Crippen molar-refractivity contribution in [1.82, 2.24) is 5.32 Å². The molecule has 2 atom stereocenters. The molecule has 34 heavy (non-hydrogen) atoms. The molecule has 2 N–H and O–H groups in total. The summed E-state index contributed by atoms with van der Waals surface area (Å²) in [5, 5.41) is 4.89. The topological polar surface area (TPSA) is 58.2 Å². The van der Waals surface area contributed by atoms with E-state index in [-0.39, 0.29) is 27.9 Å². The Hall–Kier alpha value is -1.85. The van der Waals surface area contributed by atoms with E-state index in [1.165, 1.54) is 12.1 Å². The SMILES string of the molecule is CCSC[C@H](C)NC(=O)c1c(Br)cccc1C(=O)Nc1ccc(C(C(F)F)C(F)(F)F)cc1Cl. The molecule has 4 nitrogen and oxygen atoms in total. The zero-order chi connectivity index (χ0) is 25.6. The zero-order valence-corrected chi connectivity index (χ0v) is 21.1. The van der Waals surface area contributed by atoms with Crippen LogP contribution in [0.3, 0.4) is 0 Å². The van der Waals surface area contributed by atoms with Gasteiger partial charge in [-0.3, -0.25) is 9.59 Å². The summed E-state index contributed by atoms with van der Waals surface area (Å²) in [4.78, 5) is 25.7. The second-order valence-corrected chi connectivity index (χ2v) is 9.82. The monoisotopic (exact) mass is 586 g/mol. The maximum Gasteiger partial charge on any atom is 0.401 e. The number of benzene rings is 2. The number of hydrogen-bond acceptors (Lipinski definition) is 3. The standard InChI is InChI=1S/C22H21BrClF5N2O2S/c1-3-34-10-11(2)30-21(33)17-13(5-4-6-14(17)23)20(32)31-16-8-7-12(9-15(16)24)18(19(25)26)22(27,28)29/h4-9,11,18-19H,3,10H2,1-2H3,(H,30,33)(H,31,32)/t11-,18?/m0/s1. The number of hydrogen-bond donors (Lipinski definition) is 2. The van der Waals surface area contributed by atoms with Gasteiger partial charge in [-0.05, 0) is 58.4 Å². The molecule has 0 bridgehead atoms. The highest BCUT2D eigenvalue weighted by molar-refractivity contribution is 9.10. The number of nitrogens with one attached hydrogen (secondary N) is 2. The van der Waals surface area contributed by atoms with Crippen LogP contribution in [0.15, 0.2) is 40.9 Å². The van der Waals surface area contributed by atoms with Gasteiger partial charge < -0.3 is 10.6 Å². The Labute approximate surface area is 211 Å². The Bertz CT molecular complexity index is 1040. The summed E-state index contributed by atoms with van der Waals surface area (Å²) < 4.78 is 65.3. The van der Waals surface area contributed by atoms with Crippen molar-refractivity contribution in [3.63, 3.8) is 0 Å². The molecule has 0 fully saturated rings. The maximum atomic E-state index is 13.0. The number of anilines is 1. The predicted molar refractivity (Wildman–Crippen MR) is 128 cm³/mol. The quantitative estimate of drug-likeness (QED) is 0.307. The summed E-state index contributed by atoms with van der Waals surface area (Å²) in [7, 11) is 0. The van der Waals surface area contributed by atoms with E-state index in [0.717, 1.165) is 24.0 Å². The van der Waals surface area contributed by atoms with E-state index in [2.05, 4.69) is 26.6 Å². The molecule has 2 aromatic carbocycles. The van der Waals surface area contributed by atoms with E-state index >= 15 is 0 Å². The van der Waals surface area contributed by atoms with Crippen LogP contribution in [0.25, 0.3) is 0 Å². The number of rotatable bonds is 9. The first-order valence-electron chi connectivity index (χ1n) is 9.99. The van der Waals surface area contributed by atoms with Gasteiger partial charge in [0.1, 0.15) is 5.92 Å². The molecule has 2 rings (SSSR count). The van der Waals surface area contributed by atoms with Gasteiger partial charge in [-0.1, -0.05) is 30.7 Å². The van der Waals surface area contributed by atoms with E-state index in [0.29, 0.717) is 10.2 Å². The van der Waals surface area contributed by atoms with Crippen molar-refractivity contribution in [2.75, 3.05) is 16.8 Å². The summed E-state index contributed by atoms with van der Waals surface area (Å²) in [5.74, 6) is -2.70. The van der Waals surface area contributed by atoms with Crippen LogP contribution in [0.1, 0.15) is 46.0 Å². The highest BCUT2D eigenvalue weighted by Gasteiger charge is 2.47. The predicted octanol–water partition coefficient (Wildman–Crippen LogP) is 7.14. The maximum absolute atomic E-state index is 13.0. The molecule has 0 saturated carbocycles. The summed E-state index contributed by atoms with van der Waals surface area (Å²) >= 11 is 10.9. The largest absolute Gasteiger partial charge is 0.401 e. The van der Waals surface area contributed by atoms with Gasteiger partial charge in [0.15, 0.2) is 0 Å². The number of alkyl halides is 5. The number of carbonyl (C=O) groups excluding carboxylic acids is 2. The summed E-state index contributed by atoms with van der Waals surface area (Å²) in [6.07, 6.45) is -8.86. The minimum atomic E-state index is -5.17. The van der Waals surface area contributed by atoms with Crippen LogP contribution in [0, 0.1) is 0 Å². The zero-order valence-electron chi connectivity index (χ0n) is 18.0. The van der Waals surface area contributed by atoms with Crippen LogP contribution >= 0.6 is 39.3 Å². The molecule has 0 radical (unpaired) electrons. The minimum Gasteiger partial charge on any atom is -0.349 e. The van der Waals surface area contributed by atoms with Crippen molar-refractivity contribution >= 4 is 56.8 Å². The van der Waals surface area contributed by atoms with Crippen LogP contribution in [0.4, 0.5) is 27.6 Å². The normalized spacial score (nSPS) is 13.5. The molecule has 2 aromatic rings. The van der Waals surface area contributed by atoms with Crippen LogP contribution in [0.5, 0.6) is 0 Å². The molecule has 0 aliphatic carbocycles. The Morgan fingerprint density at radius 3 is 2.38 bits per heavy atom. The third kappa shape index (κ3) is 7.32. The van der Waals surface area contributed by atoms with Crippen LogP contribution in [-0.2, 0) is 0 Å². The van der Waals surface area contributed by atoms with Gasteiger partial charge in [-0.25, -0.2) is 8.78 Å². The number of carbonyl (C=O) groups is 2. The lowest BCUT2D eigenvalue weighted by Crippen LogP contribution is -2.35. The molecule has 0 spiro atoms. The second kappa shape index (κ2) is 12.2. The van der Waals surface area contributed by atoms with E-state index in [4.69, 9.17) is 11.6 Å². The number of halogens is 7. The summed E-state index contributed by atoms with van der Waals surface area (Å²) in [6, 6.07) is 6.93. The van der Waals surface area contributed by atoms with E-state index in [1.807, 2.05) is 13.8 Å². The Balaban J connectivity index is 2.30. The minimum absolute atomic E-state index is 0.0110. The van der Waals surface area contributed by atoms with Gasteiger partial charge in [0.25, 0.3) is 18.2 Å². The van der Waals surface area contributed by atoms with E-state index in [1.54, 1.807) is 17.8 Å². The lowest BCUT2D eigenvalue weighted by molar-refractivity contribution is -0.178. The Kier molecular flexibility index (Phi) is 10.2. The first-order valence-corrected chi connectivity index (χ1v) is 12.3. The van der Waals surface area contributed by atoms with Crippen molar-refractivity contribution in [2.24, 2.45) is 0 Å². The molecule has 0 aliphatic heterocycles. The van der Waals surface area contributed by atoms with Gasteiger partial charge in [0.05, 0.1) is 21.8 Å². The van der Waals surface area contributed by atoms with Crippen molar-refractivity contribution in [3.05, 3.63) is 62.6 Å². The van der Waals surface area contributed by atoms with Gasteiger partial charge in [-0.15, -0.1) is 0 Å². The van der Waals surface area contributed by atoms with Crippen molar-refractivity contribution in [1.29, 1.82) is 0 Å². The Morgan fingerprint density at radius 1 is 1.15 bits per heavy atom. The molecular weight excluding hydrogens is 567 g/mol. The first-order chi connectivity index (χ1) is 15.9. The second-order valence-electron chi connectivity index (χ2n) is 7.24. The molecule has 12 heteroatoms. The molecule has 2 amide bonds. The van der Waals surface area contributed by atoms with Gasteiger partial charge in [0, 0.05) is 16.3 Å². The molecule has 186 valence electrons. The van der Waals surface area contributed by atoms with Crippen molar-refractivity contribution in [2.45, 2.75) is 38.4 Å². The Morgan fingerprint density at radius 2 is 1.82 bits per heavy atom. The third-order valence-electron chi connectivity index (χ3n) is 4.64. The average Bonchev–Trinajstić information content (AvgIpc) is 2.72. The van der Waals surface area contributed by atoms with Gasteiger partial charge in [-0.2, -0.15) is 24.9 Å². The fraction of sp³-hybridized carbons (Fsp3) is 0.364. The lowest BCUT2D eigenvalue weighted by Gasteiger charge is -2.20. The summed E-state index contributed by atoms with van der Waals surface area (Å²) in [6.45, 7) is 3.82. The smallest absolute Gasteiger partial charge is 0.349 e. The van der Waals surface area contributed by atoms with Crippen LogP contribution in [-0.4, -0.2) is 42.0 Å². The molecule has 0 aromatic heterocycles. The van der Waals surface area contributed by atoms with Gasteiger partial charge >= 0.3 is 6.18 Å². The van der Waals surface area contributed by atoms with E-state index in [9.17, 15) is 31.5 Å². The summed E-state index contributed by atoms with van der Waals surface area (Å²) in [5.41, 5.74) is -0.768. The van der Waals surface area contributed by atoms with Crippen molar-refractivity contribution in [3.8, 4) is 0 Å². The highest BCUT2D eigenvalue weighted by atomic mass is 79.9. The molecule has 0 saturated heterocycles. The number of thioether (sulfide) groups is 1. The van der Waals surface area contributed by atoms with Crippen molar-refractivity contribution < 1.29 is 31.5 Å². The van der Waals surface area contributed by atoms with Crippen LogP contribution in [0.2, 0.25) is 5.02 Å².